The summed E-state index contributed by atoms with van der Waals surface area (Å²) in [4.78, 5) is 0. The fourth-order valence-electron chi connectivity index (χ4n) is 1.82. The smallest absolute Gasteiger partial charge is 0.0441 e. The van der Waals surface area contributed by atoms with E-state index in [9.17, 15) is 4.21 Å². The molecular weight excluding hydrogens is 170 g/mol. The first-order chi connectivity index (χ1) is 5.31. The maximum absolute atomic E-state index is 11.4. The predicted octanol–water partition coefficient (Wildman–Crippen LogP) is 2.63. The second-order valence-electron chi connectivity index (χ2n) is 4.77. The Balaban J connectivity index is 2.59. The normalized spacial score (nSPS) is 29.6. The molecule has 0 bridgehead atoms. The molecule has 1 rings (SSSR count). The fraction of sp³-hybridized carbons (Fsp3) is 1.00. The molecule has 1 saturated carbocycles. The molecule has 1 N–H and O–H groups in total. The van der Waals surface area contributed by atoms with Crippen LogP contribution in [0.25, 0.3) is 0 Å². The first-order valence-corrected chi connectivity index (χ1v) is 6.57. The minimum atomic E-state index is -2.28. The lowest BCUT2D eigenvalue weighted by molar-refractivity contribution is 0.247. The summed E-state index contributed by atoms with van der Waals surface area (Å²) in [6, 6.07) is 0. The van der Waals surface area contributed by atoms with E-state index in [1.54, 1.807) is 6.26 Å². The summed E-state index contributed by atoms with van der Waals surface area (Å²) in [6.07, 6.45) is 5.79. The van der Waals surface area contributed by atoms with Crippen molar-refractivity contribution in [1.82, 2.24) is 0 Å². The van der Waals surface area contributed by atoms with Crippen LogP contribution in [0.1, 0.15) is 39.5 Å². The minimum absolute atomic E-state index is 0.158. The predicted molar refractivity (Wildman–Crippen MR) is 52.8 cm³/mol. The summed E-state index contributed by atoms with van der Waals surface area (Å²) in [6.45, 7) is 4.51. The zero-order chi connectivity index (χ0) is 9.41. The summed E-state index contributed by atoms with van der Waals surface area (Å²) < 4.78 is 18.9. The molecule has 0 aromatic carbocycles. The first kappa shape index (κ1) is 10.0. The Labute approximate surface area is 75.7 Å². The SMILES string of the molecule is CC1(C)CCC(S(C)(=N)=O)CC1. The van der Waals surface area contributed by atoms with E-state index < -0.39 is 9.73 Å². The van der Waals surface area contributed by atoms with Crippen molar-refractivity contribution >= 4 is 9.73 Å². The van der Waals surface area contributed by atoms with Crippen LogP contribution < -0.4 is 0 Å². The standard InChI is InChI=1S/C9H19NOS/c1-9(2)6-4-8(5-7-9)12(3,10)11/h8,10H,4-7H2,1-3H3. The molecule has 1 aliphatic rings. The number of rotatable bonds is 1. The highest BCUT2D eigenvalue weighted by molar-refractivity contribution is 7.92. The van der Waals surface area contributed by atoms with Crippen LogP contribution in [0.15, 0.2) is 0 Å². The van der Waals surface area contributed by atoms with Crippen LogP contribution in [0.2, 0.25) is 0 Å². The Morgan fingerprint density at radius 1 is 1.33 bits per heavy atom. The average Bonchev–Trinajstić information content (AvgIpc) is 1.83. The van der Waals surface area contributed by atoms with Gasteiger partial charge in [-0.2, -0.15) is 0 Å². The molecule has 1 atom stereocenters. The molecule has 12 heavy (non-hydrogen) atoms. The molecule has 1 fully saturated rings. The van der Waals surface area contributed by atoms with Crippen LogP contribution >= 0.6 is 0 Å². The van der Waals surface area contributed by atoms with E-state index in [-0.39, 0.29) is 5.25 Å². The van der Waals surface area contributed by atoms with E-state index >= 15 is 0 Å². The molecular formula is C9H19NOS. The highest BCUT2D eigenvalue weighted by atomic mass is 32.2. The van der Waals surface area contributed by atoms with E-state index in [4.69, 9.17) is 4.78 Å². The third kappa shape index (κ3) is 2.47. The molecule has 0 aromatic heterocycles. The Kier molecular flexibility index (Phi) is 2.52. The van der Waals surface area contributed by atoms with Crippen LogP contribution in [0.5, 0.6) is 0 Å². The van der Waals surface area contributed by atoms with Gasteiger partial charge in [-0.1, -0.05) is 13.8 Å². The summed E-state index contributed by atoms with van der Waals surface area (Å²) in [5.41, 5.74) is 0.418. The molecule has 0 heterocycles. The highest BCUT2D eigenvalue weighted by Crippen LogP contribution is 2.37. The lowest BCUT2D eigenvalue weighted by atomic mass is 9.77. The van der Waals surface area contributed by atoms with Crippen molar-refractivity contribution in [2.75, 3.05) is 6.26 Å². The van der Waals surface area contributed by atoms with Gasteiger partial charge in [-0.25, -0.2) is 4.21 Å². The lowest BCUT2D eigenvalue weighted by Crippen LogP contribution is -2.29. The zero-order valence-corrected chi connectivity index (χ0v) is 9.04. The lowest BCUT2D eigenvalue weighted by Gasteiger charge is -2.34. The van der Waals surface area contributed by atoms with Crippen molar-refractivity contribution in [2.24, 2.45) is 5.41 Å². The molecule has 72 valence electrons. The van der Waals surface area contributed by atoms with Gasteiger partial charge < -0.3 is 0 Å². The Hall–Kier alpha value is -0.0500. The van der Waals surface area contributed by atoms with Gasteiger partial charge in [0.1, 0.15) is 0 Å². The van der Waals surface area contributed by atoms with E-state index in [1.165, 1.54) is 0 Å². The molecule has 0 aromatic rings. The fourth-order valence-corrected chi connectivity index (χ4v) is 2.96. The Morgan fingerprint density at radius 2 is 1.75 bits per heavy atom. The van der Waals surface area contributed by atoms with Crippen molar-refractivity contribution in [1.29, 1.82) is 4.78 Å². The van der Waals surface area contributed by atoms with Crippen molar-refractivity contribution < 1.29 is 4.21 Å². The van der Waals surface area contributed by atoms with E-state index in [0.29, 0.717) is 5.41 Å². The second-order valence-corrected chi connectivity index (χ2v) is 7.24. The topological polar surface area (TPSA) is 40.9 Å². The van der Waals surface area contributed by atoms with Crippen molar-refractivity contribution in [3.63, 3.8) is 0 Å². The van der Waals surface area contributed by atoms with E-state index in [2.05, 4.69) is 13.8 Å². The number of hydrogen-bond acceptors (Lipinski definition) is 2. The summed E-state index contributed by atoms with van der Waals surface area (Å²) in [5, 5.41) is 0.158. The molecule has 3 heteroatoms. The molecule has 0 radical (unpaired) electrons. The first-order valence-electron chi connectivity index (χ1n) is 4.54. The molecule has 0 spiro atoms. The van der Waals surface area contributed by atoms with Gasteiger partial charge in [0.05, 0.1) is 0 Å². The summed E-state index contributed by atoms with van der Waals surface area (Å²) in [7, 11) is -2.28. The summed E-state index contributed by atoms with van der Waals surface area (Å²) >= 11 is 0. The van der Waals surface area contributed by atoms with Gasteiger partial charge in [0, 0.05) is 21.2 Å². The second kappa shape index (κ2) is 3.02. The van der Waals surface area contributed by atoms with Gasteiger partial charge in [0.25, 0.3) is 0 Å². The van der Waals surface area contributed by atoms with Gasteiger partial charge >= 0.3 is 0 Å². The Bertz CT molecular complexity index is 244. The van der Waals surface area contributed by atoms with Crippen LogP contribution in [0.3, 0.4) is 0 Å². The maximum Gasteiger partial charge on any atom is 0.0441 e. The summed E-state index contributed by atoms with van der Waals surface area (Å²) in [5.74, 6) is 0. The van der Waals surface area contributed by atoms with Crippen LogP contribution in [0, 0.1) is 10.2 Å². The maximum atomic E-state index is 11.4. The minimum Gasteiger partial charge on any atom is -0.253 e. The molecule has 0 saturated heterocycles. The monoisotopic (exact) mass is 189 g/mol. The third-order valence-electron chi connectivity index (χ3n) is 2.92. The molecule has 1 unspecified atom stereocenters. The average molecular weight is 189 g/mol. The van der Waals surface area contributed by atoms with Crippen molar-refractivity contribution in [2.45, 2.75) is 44.8 Å². The van der Waals surface area contributed by atoms with Gasteiger partial charge in [-0.05, 0) is 31.1 Å². The van der Waals surface area contributed by atoms with Crippen molar-refractivity contribution in [3.05, 3.63) is 0 Å². The molecule has 2 nitrogen and oxygen atoms in total. The Morgan fingerprint density at radius 3 is 2.08 bits per heavy atom. The van der Waals surface area contributed by atoms with Crippen molar-refractivity contribution in [3.8, 4) is 0 Å². The largest absolute Gasteiger partial charge is 0.253 e. The van der Waals surface area contributed by atoms with Crippen LogP contribution in [-0.2, 0) is 9.73 Å². The van der Waals surface area contributed by atoms with Crippen LogP contribution in [0.4, 0.5) is 0 Å². The zero-order valence-electron chi connectivity index (χ0n) is 8.22. The van der Waals surface area contributed by atoms with Gasteiger partial charge in [0.15, 0.2) is 0 Å². The molecule has 0 aliphatic heterocycles. The number of nitrogens with one attached hydrogen (secondary N) is 1. The van der Waals surface area contributed by atoms with Crippen LogP contribution in [-0.4, -0.2) is 15.7 Å². The van der Waals surface area contributed by atoms with E-state index in [1.807, 2.05) is 0 Å². The van der Waals surface area contributed by atoms with E-state index in [0.717, 1.165) is 25.7 Å². The molecule has 0 amide bonds. The van der Waals surface area contributed by atoms with Gasteiger partial charge in [-0.3, -0.25) is 4.78 Å². The number of hydrogen-bond donors (Lipinski definition) is 1. The van der Waals surface area contributed by atoms with Gasteiger partial charge in [-0.15, -0.1) is 0 Å². The quantitative estimate of drug-likeness (QED) is 0.677. The molecule has 1 aliphatic carbocycles. The van der Waals surface area contributed by atoms with Gasteiger partial charge in [0.2, 0.25) is 0 Å². The third-order valence-corrected chi connectivity index (χ3v) is 4.67. The highest BCUT2D eigenvalue weighted by Gasteiger charge is 2.29.